The molecule has 0 bridgehead atoms. The van der Waals surface area contributed by atoms with E-state index in [0.29, 0.717) is 4.08 Å². The molecule has 3 heteroatoms. The fourth-order valence-corrected chi connectivity index (χ4v) is 5.42. The molecule has 1 fully saturated rings. The SMILES string of the molecule is CC1(c2cccs2)SCCCS1. The molecule has 2 heterocycles. The minimum atomic E-state index is 0.354. The molecule has 1 aromatic heterocycles. The first kappa shape index (κ1) is 8.97. The Morgan fingerprint density at radius 2 is 2.08 bits per heavy atom. The van der Waals surface area contributed by atoms with Crippen LogP contribution in [0.4, 0.5) is 0 Å². The highest BCUT2D eigenvalue weighted by molar-refractivity contribution is 8.18. The molecule has 0 saturated carbocycles. The van der Waals surface area contributed by atoms with Crippen molar-refractivity contribution in [3.05, 3.63) is 22.4 Å². The molecule has 0 amide bonds. The van der Waals surface area contributed by atoms with Crippen molar-refractivity contribution in [2.75, 3.05) is 11.5 Å². The highest BCUT2D eigenvalue weighted by Crippen LogP contribution is 2.50. The number of hydrogen-bond donors (Lipinski definition) is 0. The Labute approximate surface area is 86.1 Å². The molecule has 1 aliphatic heterocycles. The largest absolute Gasteiger partial charge is 0.147 e. The third-order valence-corrected chi connectivity index (χ3v) is 6.60. The third-order valence-electron chi connectivity index (χ3n) is 2.01. The molecule has 0 aliphatic carbocycles. The first-order chi connectivity index (χ1) is 5.81. The number of hydrogen-bond acceptors (Lipinski definition) is 3. The van der Waals surface area contributed by atoms with E-state index < -0.39 is 0 Å². The van der Waals surface area contributed by atoms with E-state index in [-0.39, 0.29) is 0 Å². The summed E-state index contributed by atoms with van der Waals surface area (Å²) in [5, 5.41) is 2.18. The molecule has 0 atom stereocenters. The first-order valence-electron chi connectivity index (χ1n) is 4.13. The van der Waals surface area contributed by atoms with Gasteiger partial charge >= 0.3 is 0 Å². The van der Waals surface area contributed by atoms with Crippen LogP contribution in [0.25, 0.3) is 0 Å². The lowest BCUT2D eigenvalue weighted by molar-refractivity contribution is 0.985. The van der Waals surface area contributed by atoms with E-state index >= 15 is 0 Å². The second kappa shape index (κ2) is 3.64. The number of thioether (sulfide) groups is 2. The second-order valence-electron chi connectivity index (χ2n) is 2.97. The maximum atomic E-state index is 2.35. The van der Waals surface area contributed by atoms with Gasteiger partial charge in [-0.25, -0.2) is 0 Å². The van der Waals surface area contributed by atoms with Crippen LogP contribution in [0.15, 0.2) is 17.5 Å². The van der Waals surface area contributed by atoms with Crippen LogP contribution >= 0.6 is 34.9 Å². The van der Waals surface area contributed by atoms with Gasteiger partial charge in [-0.05, 0) is 36.3 Å². The fraction of sp³-hybridized carbons (Fsp3) is 0.556. The predicted molar refractivity (Wildman–Crippen MR) is 61.2 cm³/mol. The molecule has 0 unspecified atom stereocenters. The normalized spacial score (nSPS) is 22.4. The van der Waals surface area contributed by atoms with Gasteiger partial charge in [0.1, 0.15) is 0 Å². The molecule has 1 saturated heterocycles. The summed E-state index contributed by atoms with van der Waals surface area (Å²) < 4.78 is 0.354. The van der Waals surface area contributed by atoms with Crippen molar-refractivity contribution >= 4 is 34.9 Å². The Hall–Kier alpha value is 0.400. The van der Waals surface area contributed by atoms with E-state index in [9.17, 15) is 0 Å². The Balaban J connectivity index is 2.19. The van der Waals surface area contributed by atoms with E-state index in [1.165, 1.54) is 22.8 Å². The average Bonchev–Trinajstić information content (AvgIpc) is 2.58. The Kier molecular flexibility index (Phi) is 2.72. The molecule has 1 aromatic rings. The van der Waals surface area contributed by atoms with Crippen LogP contribution in [0, 0.1) is 0 Å². The second-order valence-corrected chi connectivity index (χ2v) is 7.21. The highest BCUT2D eigenvalue weighted by Gasteiger charge is 2.30. The zero-order valence-corrected chi connectivity index (χ0v) is 9.53. The summed E-state index contributed by atoms with van der Waals surface area (Å²) in [6, 6.07) is 4.41. The molecular weight excluding hydrogens is 204 g/mol. The summed E-state index contributed by atoms with van der Waals surface area (Å²) in [5.41, 5.74) is 0. The standard InChI is InChI=1S/C9H12S3/c1-9(8-4-2-5-10-8)11-6-3-7-12-9/h2,4-5H,3,6-7H2,1H3. The monoisotopic (exact) mass is 216 g/mol. The summed E-state index contributed by atoms with van der Waals surface area (Å²) >= 11 is 6.08. The molecular formula is C9H12S3. The lowest BCUT2D eigenvalue weighted by Gasteiger charge is -2.31. The van der Waals surface area contributed by atoms with E-state index in [4.69, 9.17) is 0 Å². The van der Waals surface area contributed by atoms with Crippen LogP contribution in [0.3, 0.4) is 0 Å². The predicted octanol–water partition coefficient (Wildman–Crippen LogP) is 3.79. The lowest BCUT2D eigenvalue weighted by atomic mass is 10.4. The van der Waals surface area contributed by atoms with Crippen molar-refractivity contribution < 1.29 is 0 Å². The summed E-state index contributed by atoms with van der Waals surface area (Å²) in [7, 11) is 0. The van der Waals surface area contributed by atoms with Crippen LogP contribution in [0.2, 0.25) is 0 Å². The molecule has 0 aromatic carbocycles. The van der Waals surface area contributed by atoms with Gasteiger partial charge in [0.05, 0.1) is 4.08 Å². The van der Waals surface area contributed by atoms with Gasteiger partial charge in [-0.2, -0.15) is 0 Å². The molecule has 1 aliphatic rings. The van der Waals surface area contributed by atoms with E-state index in [1.54, 1.807) is 0 Å². The molecule has 0 nitrogen and oxygen atoms in total. The van der Waals surface area contributed by atoms with Crippen molar-refractivity contribution in [2.24, 2.45) is 0 Å². The Morgan fingerprint density at radius 1 is 1.33 bits per heavy atom. The minimum Gasteiger partial charge on any atom is -0.147 e. The maximum Gasteiger partial charge on any atom is 0.0923 e. The van der Waals surface area contributed by atoms with Crippen LogP contribution in [-0.2, 0) is 4.08 Å². The van der Waals surface area contributed by atoms with Crippen LogP contribution in [0.1, 0.15) is 18.2 Å². The first-order valence-corrected chi connectivity index (χ1v) is 6.98. The Morgan fingerprint density at radius 3 is 2.67 bits per heavy atom. The quantitative estimate of drug-likeness (QED) is 0.700. The molecule has 2 rings (SSSR count). The highest BCUT2D eigenvalue weighted by atomic mass is 32.2. The van der Waals surface area contributed by atoms with Gasteiger partial charge in [0.2, 0.25) is 0 Å². The molecule has 0 radical (unpaired) electrons. The zero-order valence-electron chi connectivity index (χ0n) is 7.08. The van der Waals surface area contributed by atoms with E-state index in [1.807, 2.05) is 11.3 Å². The van der Waals surface area contributed by atoms with Gasteiger partial charge in [0.15, 0.2) is 0 Å². The van der Waals surface area contributed by atoms with Crippen molar-refractivity contribution in [1.82, 2.24) is 0 Å². The summed E-state index contributed by atoms with van der Waals surface area (Å²) in [6.45, 7) is 2.35. The van der Waals surface area contributed by atoms with Crippen LogP contribution in [0.5, 0.6) is 0 Å². The molecule has 0 spiro atoms. The van der Waals surface area contributed by atoms with Gasteiger partial charge in [-0.1, -0.05) is 6.07 Å². The summed E-state index contributed by atoms with van der Waals surface area (Å²) in [5.74, 6) is 2.64. The zero-order chi connectivity index (χ0) is 8.44. The number of thiophene rings is 1. The topological polar surface area (TPSA) is 0 Å². The molecule has 66 valence electrons. The summed E-state index contributed by atoms with van der Waals surface area (Å²) in [4.78, 5) is 1.53. The molecule has 0 N–H and O–H groups in total. The van der Waals surface area contributed by atoms with Gasteiger partial charge in [0, 0.05) is 4.88 Å². The van der Waals surface area contributed by atoms with Crippen molar-refractivity contribution in [3.63, 3.8) is 0 Å². The van der Waals surface area contributed by atoms with E-state index in [0.717, 1.165) is 0 Å². The summed E-state index contributed by atoms with van der Waals surface area (Å²) in [6.07, 6.45) is 1.37. The fourth-order valence-electron chi connectivity index (χ4n) is 1.31. The van der Waals surface area contributed by atoms with Gasteiger partial charge in [-0.3, -0.25) is 0 Å². The third kappa shape index (κ3) is 1.68. The van der Waals surface area contributed by atoms with Gasteiger partial charge in [-0.15, -0.1) is 34.9 Å². The maximum absolute atomic E-state index is 2.35. The van der Waals surface area contributed by atoms with Crippen molar-refractivity contribution in [1.29, 1.82) is 0 Å². The van der Waals surface area contributed by atoms with Crippen molar-refractivity contribution in [2.45, 2.75) is 17.4 Å². The van der Waals surface area contributed by atoms with E-state index in [2.05, 4.69) is 48.0 Å². The van der Waals surface area contributed by atoms with Gasteiger partial charge in [0.25, 0.3) is 0 Å². The lowest BCUT2D eigenvalue weighted by Crippen LogP contribution is -2.16. The van der Waals surface area contributed by atoms with Crippen molar-refractivity contribution in [3.8, 4) is 0 Å². The van der Waals surface area contributed by atoms with Crippen LogP contribution in [-0.4, -0.2) is 11.5 Å². The smallest absolute Gasteiger partial charge is 0.0923 e. The van der Waals surface area contributed by atoms with Gasteiger partial charge < -0.3 is 0 Å². The molecule has 12 heavy (non-hydrogen) atoms. The Bertz CT molecular complexity index is 234. The average molecular weight is 216 g/mol. The van der Waals surface area contributed by atoms with Crippen LogP contribution < -0.4 is 0 Å². The number of rotatable bonds is 1. The minimum absolute atomic E-state index is 0.354.